The number of anilines is 2. The number of nitrogens with zero attached hydrogens (tertiary/aromatic N) is 6. The fraction of sp³-hybridized carbons (Fsp3) is 0.500. The average molecular weight is 456 g/mol. The molecule has 11 nitrogen and oxygen atoms in total. The quantitative estimate of drug-likeness (QED) is 0.383. The van der Waals surface area contributed by atoms with Crippen LogP contribution in [0.2, 0.25) is 0 Å². The third-order valence-electron chi connectivity index (χ3n) is 5.74. The van der Waals surface area contributed by atoms with Crippen LogP contribution in [-0.4, -0.2) is 62.4 Å². The molecule has 1 aliphatic heterocycles. The fourth-order valence-electron chi connectivity index (χ4n) is 3.93. The van der Waals surface area contributed by atoms with Gasteiger partial charge in [0, 0.05) is 19.3 Å². The first-order chi connectivity index (χ1) is 16.0. The number of unbranched alkanes of at least 4 members (excludes halogenated alkanes) is 1. The van der Waals surface area contributed by atoms with Crippen LogP contribution in [0.1, 0.15) is 38.2 Å². The number of ether oxygens (including phenoxy) is 2. The lowest BCUT2D eigenvalue weighted by atomic mass is 9.98. The molecule has 0 spiro atoms. The lowest BCUT2D eigenvalue weighted by Gasteiger charge is -2.32. The summed E-state index contributed by atoms with van der Waals surface area (Å²) in [5, 5.41) is 10.4. The first-order valence-corrected chi connectivity index (χ1v) is 11.1. The third-order valence-corrected chi connectivity index (χ3v) is 5.74. The van der Waals surface area contributed by atoms with Gasteiger partial charge in [0.2, 0.25) is 0 Å². The van der Waals surface area contributed by atoms with E-state index in [1.807, 2.05) is 12.1 Å². The van der Waals surface area contributed by atoms with Gasteiger partial charge in [0.25, 0.3) is 6.01 Å². The Morgan fingerprint density at radius 1 is 1.30 bits per heavy atom. The van der Waals surface area contributed by atoms with Crippen LogP contribution in [-0.2, 0) is 16.1 Å². The maximum Gasteiger partial charge on any atom is 0.320 e. The van der Waals surface area contributed by atoms with Gasteiger partial charge in [-0.1, -0.05) is 19.4 Å². The van der Waals surface area contributed by atoms with Gasteiger partial charge in [-0.2, -0.15) is 15.0 Å². The number of rotatable bonds is 8. The van der Waals surface area contributed by atoms with Crippen LogP contribution in [0.25, 0.3) is 11.2 Å². The Labute approximate surface area is 191 Å². The van der Waals surface area contributed by atoms with Gasteiger partial charge in [-0.25, -0.2) is 4.98 Å². The highest BCUT2D eigenvalue weighted by atomic mass is 16.5. The minimum atomic E-state index is -0.210. The van der Waals surface area contributed by atoms with Crippen molar-refractivity contribution < 1.29 is 19.4 Å². The molecular weight excluding hydrogens is 426 g/mol. The highest BCUT2D eigenvalue weighted by Crippen LogP contribution is 2.27. The minimum absolute atomic E-state index is 0.140. The van der Waals surface area contributed by atoms with Gasteiger partial charge in [-0.05, 0) is 30.9 Å². The van der Waals surface area contributed by atoms with E-state index < -0.39 is 0 Å². The van der Waals surface area contributed by atoms with Crippen molar-refractivity contribution in [2.75, 3.05) is 37.4 Å². The number of nitrogens with two attached hydrogens (primary N) is 1. The van der Waals surface area contributed by atoms with Crippen LogP contribution in [0.15, 0.2) is 18.3 Å². The van der Waals surface area contributed by atoms with Crippen molar-refractivity contribution in [3.8, 4) is 12.0 Å². The Kier molecular flexibility index (Phi) is 6.76. The van der Waals surface area contributed by atoms with Crippen molar-refractivity contribution in [1.29, 1.82) is 0 Å². The molecule has 3 N–H and O–H groups in total. The molecule has 176 valence electrons. The average Bonchev–Trinajstić information content (AvgIpc) is 3.15. The van der Waals surface area contributed by atoms with E-state index in [9.17, 15) is 9.90 Å². The van der Waals surface area contributed by atoms with Gasteiger partial charge in [-0.15, -0.1) is 0 Å². The molecule has 33 heavy (non-hydrogen) atoms. The second-order valence-corrected chi connectivity index (χ2v) is 8.10. The van der Waals surface area contributed by atoms with Crippen LogP contribution in [0, 0.1) is 5.92 Å². The zero-order valence-electron chi connectivity index (χ0n) is 18.9. The molecule has 0 bridgehead atoms. The van der Waals surface area contributed by atoms with Gasteiger partial charge < -0.3 is 25.2 Å². The van der Waals surface area contributed by atoms with E-state index >= 15 is 0 Å². The number of methoxy groups -OCH3 is 1. The highest BCUT2D eigenvalue weighted by molar-refractivity contribution is 5.83. The van der Waals surface area contributed by atoms with Crippen molar-refractivity contribution in [1.82, 2.24) is 24.5 Å². The van der Waals surface area contributed by atoms with Crippen LogP contribution in [0.4, 0.5) is 11.6 Å². The number of piperidine rings is 1. The van der Waals surface area contributed by atoms with E-state index in [0.29, 0.717) is 30.9 Å². The Bertz CT molecular complexity index is 1120. The number of aromatic nitrogens is 5. The largest absolute Gasteiger partial charge is 0.480 e. The number of carbonyl (C=O) groups excluding carboxylic acids is 1. The van der Waals surface area contributed by atoms with Crippen LogP contribution >= 0.6 is 0 Å². The van der Waals surface area contributed by atoms with E-state index in [1.165, 1.54) is 7.11 Å². The molecular formula is C22H29N7O4. The Morgan fingerprint density at radius 2 is 2.15 bits per heavy atom. The summed E-state index contributed by atoms with van der Waals surface area (Å²) in [5.74, 6) is 0.626. The molecule has 0 saturated carbocycles. The predicted octanol–water partition coefficient (Wildman–Crippen LogP) is 2.13. The molecule has 11 heteroatoms. The van der Waals surface area contributed by atoms with E-state index in [1.54, 1.807) is 10.8 Å². The lowest BCUT2D eigenvalue weighted by Crippen LogP contribution is -2.39. The van der Waals surface area contributed by atoms with Gasteiger partial charge in [-0.3, -0.25) is 9.36 Å². The third kappa shape index (κ3) is 4.91. The Hall–Kier alpha value is -3.63. The summed E-state index contributed by atoms with van der Waals surface area (Å²) in [6, 6.07) is 3.79. The standard InChI is InChI=1S/C22H29N7O4/c1-3-4-10-33-21-26-18(23)17-19(27-21)29(22(31)25-17)12-14-7-8-16(24-11-14)28-9-5-6-15(13-28)20(30)32-2/h7-8,11,15H,3-6,9-10,12-13H2,1-2H3,(H,25,31)(H2,23,26,27). The zero-order chi connectivity index (χ0) is 23.4. The van der Waals surface area contributed by atoms with Crippen molar-refractivity contribution in [2.45, 2.75) is 39.2 Å². The normalized spacial score (nSPS) is 16.2. The molecule has 0 aromatic carbocycles. The van der Waals surface area contributed by atoms with E-state index in [4.69, 9.17) is 15.2 Å². The summed E-state index contributed by atoms with van der Waals surface area (Å²) in [4.78, 5) is 31.2. The summed E-state index contributed by atoms with van der Waals surface area (Å²) in [7, 11) is 1.42. The maximum atomic E-state index is 11.9. The van der Waals surface area contributed by atoms with Gasteiger partial charge in [0.15, 0.2) is 17.0 Å². The molecule has 0 aliphatic carbocycles. The monoisotopic (exact) mass is 455 g/mol. The summed E-state index contributed by atoms with van der Waals surface area (Å²) in [6.07, 6.45) is 5.33. The van der Waals surface area contributed by atoms with Crippen LogP contribution < -0.4 is 15.4 Å². The molecule has 4 heterocycles. The minimum Gasteiger partial charge on any atom is -0.480 e. The molecule has 4 rings (SSSR count). The number of imidazole rings is 1. The molecule has 1 saturated heterocycles. The lowest BCUT2D eigenvalue weighted by molar-refractivity contribution is -0.145. The molecule has 1 atom stereocenters. The molecule has 3 aromatic rings. The number of aromatic hydroxyl groups is 1. The highest BCUT2D eigenvalue weighted by Gasteiger charge is 2.27. The second kappa shape index (κ2) is 9.88. The van der Waals surface area contributed by atoms with Crippen molar-refractivity contribution in [2.24, 2.45) is 5.92 Å². The number of pyridine rings is 1. The van der Waals surface area contributed by atoms with E-state index in [0.717, 1.165) is 43.6 Å². The molecule has 1 aliphatic rings. The summed E-state index contributed by atoms with van der Waals surface area (Å²) >= 11 is 0. The van der Waals surface area contributed by atoms with Gasteiger partial charge >= 0.3 is 12.0 Å². The van der Waals surface area contributed by atoms with E-state index in [2.05, 4.69) is 31.8 Å². The fourth-order valence-corrected chi connectivity index (χ4v) is 3.93. The molecule has 1 fully saturated rings. The topological polar surface area (TPSA) is 142 Å². The predicted molar refractivity (Wildman–Crippen MR) is 122 cm³/mol. The van der Waals surface area contributed by atoms with Gasteiger partial charge in [0.05, 0.1) is 26.2 Å². The zero-order valence-corrected chi connectivity index (χ0v) is 18.9. The number of esters is 1. The smallest absolute Gasteiger partial charge is 0.320 e. The van der Waals surface area contributed by atoms with Crippen molar-refractivity contribution >= 4 is 28.8 Å². The van der Waals surface area contributed by atoms with Crippen LogP contribution in [0.5, 0.6) is 12.0 Å². The first kappa shape index (κ1) is 22.6. The van der Waals surface area contributed by atoms with Gasteiger partial charge in [0.1, 0.15) is 5.82 Å². The molecule has 1 unspecified atom stereocenters. The molecule has 3 aromatic heterocycles. The summed E-state index contributed by atoms with van der Waals surface area (Å²) < 4.78 is 12.0. The number of carbonyl (C=O) groups is 1. The second-order valence-electron chi connectivity index (χ2n) is 8.10. The molecule has 0 radical (unpaired) electrons. The first-order valence-electron chi connectivity index (χ1n) is 11.1. The number of hydrogen-bond donors (Lipinski definition) is 2. The number of nitrogen functional groups attached to an aromatic ring is 1. The van der Waals surface area contributed by atoms with Crippen molar-refractivity contribution in [3.63, 3.8) is 0 Å². The van der Waals surface area contributed by atoms with Crippen molar-refractivity contribution in [3.05, 3.63) is 23.9 Å². The SMILES string of the molecule is CCCCOc1nc(N)c2nc(O)n(Cc3ccc(N4CCCC(C(=O)OC)C4)nc3)c2n1. The Morgan fingerprint density at radius 3 is 2.88 bits per heavy atom. The summed E-state index contributed by atoms with van der Waals surface area (Å²) in [5.41, 5.74) is 7.58. The maximum absolute atomic E-state index is 11.9. The summed E-state index contributed by atoms with van der Waals surface area (Å²) in [6.45, 7) is 4.27. The molecule has 0 amide bonds. The number of hydrogen-bond acceptors (Lipinski definition) is 10. The number of fused-ring (bicyclic) bond motifs is 1. The Balaban J connectivity index is 1.52. The van der Waals surface area contributed by atoms with Crippen LogP contribution in [0.3, 0.4) is 0 Å². The van der Waals surface area contributed by atoms with E-state index in [-0.39, 0.29) is 29.7 Å².